The van der Waals surface area contributed by atoms with Crippen LogP contribution in [-0.4, -0.2) is 11.0 Å². The molecule has 0 unspecified atom stereocenters. The van der Waals surface area contributed by atoms with E-state index < -0.39 is 0 Å². The standard InChI is InChI=1S/C24H25FN2/c1-15(2)16(3)26-14-24-22(25)10-11-23(27-24)18-8-9-21-19(13-18)12-17-6-4-5-7-20(17)21/h4-11,13,15-16,26H,12,14H2,1-3H3/t16-/m1/s1. The van der Waals surface area contributed by atoms with Crippen molar-refractivity contribution in [3.63, 3.8) is 0 Å². The van der Waals surface area contributed by atoms with Crippen LogP contribution < -0.4 is 5.32 Å². The monoisotopic (exact) mass is 360 g/mol. The number of nitrogens with zero attached hydrogens (tertiary/aromatic N) is 1. The molecule has 0 spiro atoms. The predicted octanol–water partition coefficient (Wildman–Crippen LogP) is 5.59. The van der Waals surface area contributed by atoms with Crippen molar-refractivity contribution in [1.29, 1.82) is 0 Å². The summed E-state index contributed by atoms with van der Waals surface area (Å²) < 4.78 is 14.2. The molecule has 1 N–H and O–H groups in total. The summed E-state index contributed by atoms with van der Waals surface area (Å²) in [5.41, 5.74) is 7.63. The van der Waals surface area contributed by atoms with Gasteiger partial charge in [0.15, 0.2) is 0 Å². The van der Waals surface area contributed by atoms with E-state index in [0.29, 0.717) is 24.2 Å². The lowest BCUT2D eigenvalue weighted by molar-refractivity contribution is 0.418. The average molecular weight is 360 g/mol. The largest absolute Gasteiger partial charge is 0.308 e. The number of halogens is 1. The van der Waals surface area contributed by atoms with E-state index in [0.717, 1.165) is 17.7 Å². The number of hydrogen-bond donors (Lipinski definition) is 1. The Labute approximate surface area is 160 Å². The van der Waals surface area contributed by atoms with E-state index in [4.69, 9.17) is 0 Å². The van der Waals surface area contributed by atoms with Gasteiger partial charge in [0.2, 0.25) is 0 Å². The molecule has 0 radical (unpaired) electrons. The number of nitrogens with one attached hydrogen (secondary N) is 1. The summed E-state index contributed by atoms with van der Waals surface area (Å²) in [7, 11) is 0. The highest BCUT2D eigenvalue weighted by molar-refractivity contribution is 5.79. The van der Waals surface area contributed by atoms with Gasteiger partial charge in [0.05, 0.1) is 11.4 Å². The molecule has 0 aliphatic heterocycles. The lowest BCUT2D eigenvalue weighted by Gasteiger charge is -2.17. The van der Waals surface area contributed by atoms with Gasteiger partial charge >= 0.3 is 0 Å². The summed E-state index contributed by atoms with van der Waals surface area (Å²) in [6.45, 7) is 6.86. The third-order valence-electron chi connectivity index (χ3n) is 5.60. The molecule has 1 aliphatic carbocycles. The SMILES string of the molecule is CC(C)[C@@H](C)NCc1nc(-c2ccc3c(c2)Cc2ccccc2-3)ccc1F. The summed E-state index contributed by atoms with van der Waals surface area (Å²) in [6.07, 6.45) is 0.945. The first-order chi connectivity index (χ1) is 13.0. The third-order valence-corrected chi connectivity index (χ3v) is 5.60. The molecule has 1 atom stereocenters. The highest BCUT2D eigenvalue weighted by atomic mass is 19.1. The van der Waals surface area contributed by atoms with Gasteiger partial charge in [-0.3, -0.25) is 0 Å². The first-order valence-electron chi connectivity index (χ1n) is 9.63. The molecule has 1 aromatic heterocycles. The second kappa shape index (κ2) is 7.24. The van der Waals surface area contributed by atoms with Crippen LogP contribution in [0.15, 0.2) is 54.6 Å². The van der Waals surface area contributed by atoms with Crippen molar-refractivity contribution in [2.24, 2.45) is 5.92 Å². The molecule has 0 amide bonds. The molecule has 2 nitrogen and oxygen atoms in total. The lowest BCUT2D eigenvalue weighted by Crippen LogP contribution is -2.30. The Hall–Kier alpha value is -2.52. The third kappa shape index (κ3) is 3.52. The van der Waals surface area contributed by atoms with E-state index in [1.165, 1.54) is 28.3 Å². The highest BCUT2D eigenvalue weighted by Crippen LogP contribution is 2.38. The minimum absolute atomic E-state index is 0.254. The van der Waals surface area contributed by atoms with E-state index in [-0.39, 0.29) is 5.82 Å². The molecule has 27 heavy (non-hydrogen) atoms. The molecule has 0 bridgehead atoms. The van der Waals surface area contributed by atoms with Gasteiger partial charge in [-0.25, -0.2) is 9.37 Å². The maximum Gasteiger partial charge on any atom is 0.146 e. The zero-order valence-electron chi connectivity index (χ0n) is 16.1. The van der Waals surface area contributed by atoms with Crippen LogP contribution in [0, 0.1) is 11.7 Å². The molecule has 138 valence electrons. The van der Waals surface area contributed by atoms with E-state index >= 15 is 0 Å². The first kappa shape index (κ1) is 17.9. The van der Waals surface area contributed by atoms with Crippen molar-refractivity contribution in [2.75, 3.05) is 0 Å². The Morgan fingerprint density at radius 2 is 1.74 bits per heavy atom. The van der Waals surface area contributed by atoms with Crippen LogP contribution in [0.4, 0.5) is 4.39 Å². The van der Waals surface area contributed by atoms with Crippen molar-refractivity contribution in [1.82, 2.24) is 10.3 Å². The maximum atomic E-state index is 14.2. The molecule has 3 heteroatoms. The zero-order valence-corrected chi connectivity index (χ0v) is 16.1. The lowest BCUT2D eigenvalue weighted by atomic mass is 10.0. The van der Waals surface area contributed by atoms with Crippen LogP contribution in [0.3, 0.4) is 0 Å². The molecule has 0 saturated heterocycles. The zero-order chi connectivity index (χ0) is 19.0. The van der Waals surface area contributed by atoms with Crippen molar-refractivity contribution < 1.29 is 4.39 Å². The van der Waals surface area contributed by atoms with E-state index in [1.54, 1.807) is 6.07 Å². The first-order valence-corrected chi connectivity index (χ1v) is 9.63. The van der Waals surface area contributed by atoms with Gasteiger partial charge in [0, 0.05) is 18.2 Å². The van der Waals surface area contributed by atoms with Gasteiger partial charge in [-0.2, -0.15) is 0 Å². The van der Waals surface area contributed by atoms with Crippen LogP contribution in [0.25, 0.3) is 22.4 Å². The van der Waals surface area contributed by atoms with E-state index in [2.05, 4.69) is 73.5 Å². The van der Waals surface area contributed by atoms with Gasteiger partial charge in [0.1, 0.15) is 5.82 Å². The van der Waals surface area contributed by atoms with Crippen molar-refractivity contribution in [3.05, 3.63) is 77.2 Å². The van der Waals surface area contributed by atoms with Crippen LogP contribution in [0.5, 0.6) is 0 Å². The second-order valence-electron chi connectivity index (χ2n) is 7.74. The second-order valence-corrected chi connectivity index (χ2v) is 7.74. The fourth-order valence-electron chi connectivity index (χ4n) is 3.57. The van der Waals surface area contributed by atoms with Crippen LogP contribution in [0.2, 0.25) is 0 Å². The number of benzene rings is 2. The van der Waals surface area contributed by atoms with Crippen molar-refractivity contribution >= 4 is 0 Å². The van der Waals surface area contributed by atoms with Gasteiger partial charge < -0.3 is 5.32 Å². The van der Waals surface area contributed by atoms with Crippen LogP contribution >= 0.6 is 0 Å². The summed E-state index contributed by atoms with van der Waals surface area (Å²) in [4.78, 5) is 4.61. The van der Waals surface area contributed by atoms with Gasteiger partial charge in [0.25, 0.3) is 0 Å². The Morgan fingerprint density at radius 3 is 2.56 bits per heavy atom. The molecule has 2 aromatic carbocycles. The Kier molecular flexibility index (Phi) is 4.79. The molecule has 4 rings (SSSR count). The Bertz CT molecular complexity index is 978. The predicted molar refractivity (Wildman–Crippen MR) is 109 cm³/mol. The van der Waals surface area contributed by atoms with Gasteiger partial charge in [-0.1, -0.05) is 50.2 Å². The molecule has 0 fully saturated rings. The molecular formula is C24H25FN2. The normalized spacial score (nSPS) is 13.5. The fraction of sp³-hybridized carbons (Fsp3) is 0.292. The Morgan fingerprint density at radius 1 is 0.963 bits per heavy atom. The van der Waals surface area contributed by atoms with Crippen LogP contribution in [-0.2, 0) is 13.0 Å². The van der Waals surface area contributed by atoms with Crippen molar-refractivity contribution in [3.8, 4) is 22.4 Å². The summed E-state index contributed by atoms with van der Waals surface area (Å²) in [6, 6.07) is 18.6. The number of pyridine rings is 1. The molecule has 0 saturated carbocycles. The Balaban J connectivity index is 1.61. The van der Waals surface area contributed by atoms with Gasteiger partial charge in [-0.05, 0) is 59.7 Å². The summed E-state index contributed by atoms with van der Waals surface area (Å²) >= 11 is 0. The number of rotatable bonds is 5. The molecule has 1 heterocycles. The summed E-state index contributed by atoms with van der Waals surface area (Å²) in [5, 5.41) is 3.37. The highest BCUT2D eigenvalue weighted by Gasteiger charge is 2.19. The molecule has 1 aliphatic rings. The molecule has 3 aromatic rings. The number of fused-ring (bicyclic) bond motifs is 3. The minimum Gasteiger partial charge on any atom is -0.308 e. The average Bonchev–Trinajstić information content (AvgIpc) is 3.04. The number of aromatic nitrogens is 1. The minimum atomic E-state index is -0.254. The fourth-order valence-corrected chi connectivity index (χ4v) is 3.57. The smallest absolute Gasteiger partial charge is 0.146 e. The maximum absolute atomic E-state index is 14.2. The summed E-state index contributed by atoms with van der Waals surface area (Å²) in [5.74, 6) is 0.241. The van der Waals surface area contributed by atoms with Crippen LogP contribution in [0.1, 0.15) is 37.6 Å². The quantitative estimate of drug-likeness (QED) is 0.501. The number of hydrogen-bond acceptors (Lipinski definition) is 2. The van der Waals surface area contributed by atoms with E-state index in [9.17, 15) is 4.39 Å². The topological polar surface area (TPSA) is 24.9 Å². The molecular weight excluding hydrogens is 335 g/mol. The van der Waals surface area contributed by atoms with E-state index in [1.807, 2.05) is 0 Å². The van der Waals surface area contributed by atoms with Gasteiger partial charge in [-0.15, -0.1) is 0 Å². The van der Waals surface area contributed by atoms with Crippen molar-refractivity contribution in [2.45, 2.75) is 39.8 Å².